The maximum atomic E-state index is 12.0. The van der Waals surface area contributed by atoms with Crippen molar-refractivity contribution in [1.82, 2.24) is 14.9 Å². The first-order valence-corrected chi connectivity index (χ1v) is 6.82. The highest BCUT2D eigenvalue weighted by atomic mass is 16.6. The summed E-state index contributed by atoms with van der Waals surface area (Å²) in [5.74, 6) is -1.15. The fourth-order valence-corrected chi connectivity index (χ4v) is 2.50. The molecule has 0 saturated carbocycles. The fraction of sp³-hybridized carbons (Fsp3) is 0.462. The van der Waals surface area contributed by atoms with Crippen molar-refractivity contribution in [2.45, 2.75) is 32.7 Å². The number of carboxylic acid groups (broad SMARTS) is 1. The largest absolute Gasteiger partial charge is 0.478 e. The Kier molecular flexibility index (Phi) is 4.54. The van der Waals surface area contributed by atoms with Crippen LogP contribution < -0.4 is 5.32 Å². The predicted octanol–water partition coefficient (Wildman–Crippen LogP) is 0.781. The first-order valence-electron chi connectivity index (χ1n) is 6.82. The molecule has 0 saturated heterocycles. The molecule has 1 amide bonds. The Labute approximate surface area is 125 Å². The number of aryl methyl sites for hydroxylation is 1. The number of nitro groups is 1. The summed E-state index contributed by atoms with van der Waals surface area (Å²) in [5.41, 5.74) is 0.451. The van der Waals surface area contributed by atoms with Gasteiger partial charge in [-0.25, -0.2) is 14.3 Å². The van der Waals surface area contributed by atoms with E-state index in [-0.39, 0.29) is 24.5 Å². The number of hydrogen-bond donors (Lipinski definition) is 2. The van der Waals surface area contributed by atoms with Gasteiger partial charge in [-0.1, -0.05) is 0 Å². The van der Waals surface area contributed by atoms with Crippen LogP contribution in [0.1, 0.15) is 25.1 Å². The molecule has 0 atom stereocenters. The number of imidazole rings is 1. The highest BCUT2D eigenvalue weighted by Gasteiger charge is 2.25. The number of nitrogens with one attached hydrogen (secondary N) is 1. The molecule has 1 heterocycles. The second-order valence-corrected chi connectivity index (χ2v) is 4.94. The lowest BCUT2D eigenvalue weighted by atomic mass is 10.1. The molecule has 9 heteroatoms. The Bertz CT molecular complexity index is 661. The molecule has 1 aromatic rings. The molecule has 0 radical (unpaired) electrons. The third-order valence-corrected chi connectivity index (χ3v) is 3.59. The Balaban J connectivity index is 1.99. The first-order chi connectivity index (χ1) is 10.4. The number of aromatic nitrogens is 2. The Morgan fingerprint density at radius 1 is 1.45 bits per heavy atom. The molecule has 1 aliphatic carbocycles. The lowest BCUT2D eigenvalue weighted by Gasteiger charge is -2.07. The number of carbonyl (C=O) groups is 2. The minimum atomic E-state index is -1.07. The van der Waals surface area contributed by atoms with E-state index >= 15 is 0 Å². The molecule has 0 unspecified atom stereocenters. The minimum Gasteiger partial charge on any atom is -0.478 e. The summed E-state index contributed by atoms with van der Waals surface area (Å²) in [6.07, 6.45) is 2.65. The summed E-state index contributed by atoms with van der Waals surface area (Å²) in [5, 5.41) is 22.5. The average molecular weight is 308 g/mol. The SMILES string of the molecule is Cc1ncc([N+](=O)[O-])n1CCNC(=O)C1=C(C(=O)O)CCC1. The lowest BCUT2D eigenvalue weighted by Crippen LogP contribution is -2.29. The Morgan fingerprint density at radius 3 is 2.77 bits per heavy atom. The van der Waals surface area contributed by atoms with E-state index in [4.69, 9.17) is 5.11 Å². The third kappa shape index (κ3) is 3.13. The summed E-state index contributed by atoms with van der Waals surface area (Å²) in [7, 11) is 0. The predicted molar refractivity (Wildman–Crippen MR) is 75.1 cm³/mol. The monoisotopic (exact) mass is 308 g/mol. The van der Waals surface area contributed by atoms with E-state index in [0.29, 0.717) is 30.7 Å². The van der Waals surface area contributed by atoms with E-state index in [0.717, 1.165) is 0 Å². The second kappa shape index (κ2) is 6.37. The van der Waals surface area contributed by atoms with E-state index < -0.39 is 16.8 Å². The van der Waals surface area contributed by atoms with Gasteiger partial charge in [0.1, 0.15) is 12.7 Å². The molecule has 22 heavy (non-hydrogen) atoms. The van der Waals surface area contributed by atoms with Crippen molar-refractivity contribution in [3.63, 3.8) is 0 Å². The van der Waals surface area contributed by atoms with Crippen molar-refractivity contribution in [3.05, 3.63) is 33.3 Å². The van der Waals surface area contributed by atoms with Gasteiger partial charge in [-0.05, 0) is 24.2 Å². The Morgan fingerprint density at radius 2 is 2.14 bits per heavy atom. The molecule has 0 aromatic carbocycles. The van der Waals surface area contributed by atoms with Crippen LogP contribution in [0.15, 0.2) is 17.3 Å². The van der Waals surface area contributed by atoms with Gasteiger partial charge in [-0.3, -0.25) is 4.79 Å². The zero-order chi connectivity index (χ0) is 16.3. The molecular weight excluding hydrogens is 292 g/mol. The number of carbonyl (C=O) groups excluding carboxylic acids is 1. The summed E-state index contributed by atoms with van der Waals surface area (Å²) in [4.78, 5) is 37.2. The van der Waals surface area contributed by atoms with Crippen molar-refractivity contribution in [2.24, 2.45) is 0 Å². The van der Waals surface area contributed by atoms with Crippen molar-refractivity contribution >= 4 is 17.7 Å². The maximum Gasteiger partial charge on any atom is 0.342 e. The molecule has 9 nitrogen and oxygen atoms in total. The van der Waals surface area contributed by atoms with Gasteiger partial charge < -0.3 is 20.5 Å². The first kappa shape index (κ1) is 15.7. The highest BCUT2D eigenvalue weighted by molar-refractivity contribution is 6.02. The van der Waals surface area contributed by atoms with Crippen molar-refractivity contribution in [2.75, 3.05) is 6.54 Å². The number of hydrogen-bond acceptors (Lipinski definition) is 5. The molecule has 1 aliphatic rings. The number of amides is 1. The van der Waals surface area contributed by atoms with Gasteiger partial charge in [0, 0.05) is 18.1 Å². The third-order valence-electron chi connectivity index (χ3n) is 3.59. The molecular formula is C13H16N4O5. The van der Waals surface area contributed by atoms with E-state index in [1.54, 1.807) is 6.92 Å². The van der Waals surface area contributed by atoms with Gasteiger partial charge in [0.15, 0.2) is 5.82 Å². The zero-order valence-electron chi connectivity index (χ0n) is 12.0. The normalized spacial score (nSPS) is 14.2. The standard InChI is InChI=1S/C13H16N4O5/c1-8-15-7-11(17(21)22)16(8)6-5-14-12(18)9-3-2-4-10(9)13(19)20/h7H,2-6H2,1H3,(H,14,18)(H,19,20). The topological polar surface area (TPSA) is 127 Å². The molecule has 0 fully saturated rings. The van der Waals surface area contributed by atoms with Crippen LogP contribution in [-0.4, -0.2) is 38.0 Å². The minimum absolute atomic E-state index is 0.141. The smallest absolute Gasteiger partial charge is 0.342 e. The summed E-state index contributed by atoms with van der Waals surface area (Å²) in [6, 6.07) is 0. The molecule has 118 valence electrons. The highest BCUT2D eigenvalue weighted by Crippen LogP contribution is 2.26. The summed E-state index contributed by atoms with van der Waals surface area (Å²) in [6.45, 7) is 1.99. The van der Waals surface area contributed by atoms with Crippen LogP contribution in [-0.2, 0) is 16.1 Å². The quantitative estimate of drug-likeness (QED) is 0.590. The molecule has 0 aliphatic heterocycles. The summed E-state index contributed by atoms with van der Waals surface area (Å²) < 4.78 is 1.39. The van der Waals surface area contributed by atoms with E-state index in [1.165, 1.54) is 10.8 Å². The van der Waals surface area contributed by atoms with Gasteiger partial charge >= 0.3 is 11.8 Å². The van der Waals surface area contributed by atoms with Gasteiger partial charge in [-0.15, -0.1) is 0 Å². The van der Waals surface area contributed by atoms with Crippen LogP contribution in [0.4, 0.5) is 5.82 Å². The zero-order valence-corrected chi connectivity index (χ0v) is 12.0. The molecule has 2 N–H and O–H groups in total. The molecule has 0 spiro atoms. The average Bonchev–Trinajstić information content (AvgIpc) is 3.06. The van der Waals surface area contributed by atoms with E-state index in [9.17, 15) is 19.7 Å². The number of rotatable bonds is 6. The van der Waals surface area contributed by atoms with Crippen LogP contribution in [0.3, 0.4) is 0 Å². The number of aliphatic carboxylic acids is 1. The van der Waals surface area contributed by atoms with Gasteiger partial charge in [0.2, 0.25) is 5.91 Å². The van der Waals surface area contributed by atoms with Crippen molar-refractivity contribution in [1.29, 1.82) is 0 Å². The fourth-order valence-electron chi connectivity index (χ4n) is 2.50. The van der Waals surface area contributed by atoms with Crippen LogP contribution in [0.5, 0.6) is 0 Å². The summed E-state index contributed by atoms with van der Waals surface area (Å²) >= 11 is 0. The van der Waals surface area contributed by atoms with Gasteiger partial charge in [-0.2, -0.15) is 0 Å². The van der Waals surface area contributed by atoms with E-state index in [1.807, 2.05) is 0 Å². The maximum absolute atomic E-state index is 12.0. The van der Waals surface area contributed by atoms with Crippen LogP contribution >= 0.6 is 0 Å². The number of nitrogens with zero attached hydrogens (tertiary/aromatic N) is 3. The van der Waals surface area contributed by atoms with Crippen molar-refractivity contribution < 1.29 is 19.6 Å². The van der Waals surface area contributed by atoms with Gasteiger partial charge in [0.25, 0.3) is 0 Å². The van der Waals surface area contributed by atoms with Gasteiger partial charge in [0.05, 0.1) is 6.54 Å². The Hall–Kier alpha value is -2.71. The molecule has 1 aromatic heterocycles. The molecule has 2 rings (SSSR count). The van der Waals surface area contributed by atoms with E-state index in [2.05, 4.69) is 10.3 Å². The molecule has 0 bridgehead atoms. The lowest BCUT2D eigenvalue weighted by molar-refractivity contribution is -0.392. The second-order valence-electron chi connectivity index (χ2n) is 4.94. The van der Waals surface area contributed by atoms with Crippen LogP contribution in [0.2, 0.25) is 0 Å². The van der Waals surface area contributed by atoms with Crippen LogP contribution in [0, 0.1) is 17.0 Å². The van der Waals surface area contributed by atoms with Crippen molar-refractivity contribution in [3.8, 4) is 0 Å². The van der Waals surface area contributed by atoms with Crippen LogP contribution in [0.25, 0.3) is 0 Å². The number of carboxylic acids is 1.